The van der Waals surface area contributed by atoms with E-state index in [0.717, 1.165) is 30.4 Å². The molecule has 0 aliphatic rings. The molecule has 3 heteroatoms. The van der Waals surface area contributed by atoms with Gasteiger partial charge in [-0.25, -0.2) is 4.79 Å². The predicted molar refractivity (Wildman–Crippen MR) is 84.9 cm³/mol. The maximum Gasteiger partial charge on any atom is 0.333 e. The van der Waals surface area contributed by atoms with Crippen molar-refractivity contribution >= 4 is 5.97 Å². The largest absolute Gasteiger partial charge is 0.463 e. The highest BCUT2D eigenvalue weighted by atomic mass is 16.5. The normalized spacial score (nSPS) is 13.0. The summed E-state index contributed by atoms with van der Waals surface area (Å²) in [5, 5.41) is 0. The van der Waals surface area contributed by atoms with Crippen LogP contribution in [0, 0.1) is 0 Å². The minimum atomic E-state index is -0.221. The SMILES string of the molecule is CCCC/C(=C\C(C)OCc1ccccc1)C(=O)OCC. The van der Waals surface area contributed by atoms with E-state index in [1.165, 1.54) is 0 Å². The van der Waals surface area contributed by atoms with E-state index >= 15 is 0 Å². The Labute approximate surface area is 128 Å². The van der Waals surface area contributed by atoms with E-state index in [4.69, 9.17) is 9.47 Å². The lowest BCUT2D eigenvalue weighted by atomic mass is 10.1. The Morgan fingerprint density at radius 2 is 1.95 bits per heavy atom. The van der Waals surface area contributed by atoms with Gasteiger partial charge in [-0.1, -0.05) is 43.7 Å². The van der Waals surface area contributed by atoms with Gasteiger partial charge in [-0.3, -0.25) is 0 Å². The van der Waals surface area contributed by atoms with Crippen LogP contribution in [0.5, 0.6) is 0 Å². The number of esters is 1. The number of benzene rings is 1. The van der Waals surface area contributed by atoms with Crippen molar-refractivity contribution in [2.45, 2.75) is 52.7 Å². The van der Waals surface area contributed by atoms with Crippen LogP contribution in [0.4, 0.5) is 0 Å². The molecule has 1 rings (SSSR count). The molecule has 0 aliphatic carbocycles. The zero-order chi connectivity index (χ0) is 15.5. The second-order valence-electron chi connectivity index (χ2n) is 5.02. The molecule has 116 valence electrons. The lowest BCUT2D eigenvalue weighted by molar-refractivity contribution is -0.138. The molecule has 0 spiro atoms. The van der Waals surface area contributed by atoms with Gasteiger partial charge in [0.2, 0.25) is 0 Å². The summed E-state index contributed by atoms with van der Waals surface area (Å²) in [5.41, 5.74) is 1.85. The van der Waals surface area contributed by atoms with Crippen LogP contribution in [-0.2, 0) is 20.9 Å². The van der Waals surface area contributed by atoms with Gasteiger partial charge in [0.05, 0.1) is 19.3 Å². The maximum atomic E-state index is 11.9. The molecule has 0 amide bonds. The van der Waals surface area contributed by atoms with Gasteiger partial charge in [-0.15, -0.1) is 0 Å². The lowest BCUT2D eigenvalue weighted by Gasteiger charge is -2.12. The van der Waals surface area contributed by atoms with Crippen molar-refractivity contribution in [3.8, 4) is 0 Å². The van der Waals surface area contributed by atoms with Crippen molar-refractivity contribution in [2.24, 2.45) is 0 Å². The first kappa shape index (κ1) is 17.4. The highest BCUT2D eigenvalue weighted by Crippen LogP contribution is 2.13. The fourth-order valence-corrected chi connectivity index (χ4v) is 1.98. The van der Waals surface area contributed by atoms with Crippen molar-refractivity contribution < 1.29 is 14.3 Å². The minimum absolute atomic E-state index is 0.110. The fraction of sp³-hybridized carbons (Fsp3) is 0.500. The monoisotopic (exact) mass is 290 g/mol. The zero-order valence-electron chi connectivity index (χ0n) is 13.3. The number of unbranched alkanes of at least 4 members (excludes halogenated alkanes) is 1. The number of carbonyl (C=O) groups excluding carboxylic acids is 1. The quantitative estimate of drug-likeness (QED) is 0.503. The molecule has 0 bridgehead atoms. The molecule has 3 nitrogen and oxygen atoms in total. The molecular weight excluding hydrogens is 264 g/mol. The van der Waals surface area contributed by atoms with E-state index in [0.29, 0.717) is 13.2 Å². The first-order valence-corrected chi connectivity index (χ1v) is 7.70. The summed E-state index contributed by atoms with van der Waals surface area (Å²) in [6, 6.07) is 10.0. The van der Waals surface area contributed by atoms with Crippen LogP contribution in [-0.4, -0.2) is 18.7 Å². The molecule has 0 heterocycles. The molecule has 21 heavy (non-hydrogen) atoms. The molecule has 1 unspecified atom stereocenters. The molecule has 0 saturated carbocycles. The Bertz CT molecular complexity index is 437. The zero-order valence-corrected chi connectivity index (χ0v) is 13.3. The summed E-state index contributed by atoms with van der Waals surface area (Å²) in [6.45, 7) is 6.83. The van der Waals surface area contributed by atoms with Gasteiger partial charge in [-0.05, 0) is 38.3 Å². The standard InChI is InChI=1S/C18H26O3/c1-4-6-12-17(18(19)20-5-2)13-15(3)21-14-16-10-8-7-9-11-16/h7-11,13,15H,4-6,12,14H2,1-3H3/b17-13+. The molecule has 0 N–H and O–H groups in total. The van der Waals surface area contributed by atoms with Crippen molar-refractivity contribution in [1.29, 1.82) is 0 Å². The summed E-state index contributed by atoms with van der Waals surface area (Å²) in [5.74, 6) is -0.221. The van der Waals surface area contributed by atoms with Gasteiger partial charge in [0.1, 0.15) is 0 Å². The number of rotatable bonds is 9. The van der Waals surface area contributed by atoms with Crippen molar-refractivity contribution in [2.75, 3.05) is 6.61 Å². The number of hydrogen-bond acceptors (Lipinski definition) is 3. The summed E-state index contributed by atoms with van der Waals surface area (Å²) in [7, 11) is 0. The lowest BCUT2D eigenvalue weighted by Crippen LogP contribution is -2.12. The van der Waals surface area contributed by atoms with E-state index in [9.17, 15) is 4.79 Å². The Morgan fingerprint density at radius 1 is 1.24 bits per heavy atom. The predicted octanol–water partition coefficient (Wildman–Crippen LogP) is 4.27. The smallest absolute Gasteiger partial charge is 0.333 e. The molecular formula is C18H26O3. The highest BCUT2D eigenvalue weighted by Gasteiger charge is 2.12. The van der Waals surface area contributed by atoms with Crippen LogP contribution in [0.3, 0.4) is 0 Å². The van der Waals surface area contributed by atoms with Gasteiger partial charge >= 0.3 is 5.97 Å². The topological polar surface area (TPSA) is 35.5 Å². The van der Waals surface area contributed by atoms with Crippen LogP contribution in [0.15, 0.2) is 42.0 Å². The van der Waals surface area contributed by atoms with Gasteiger partial charge in [0, 0.05) is 5.57 Å². The summed E-state index contributed by atoms with van der Waals surface area (Å²) >= 11 is 0. The second-order valence-corrected chi connectivity index (χ2v) is 5.02. The Balaban J connectivity index is 2.58. The number of ether oxygens (including phenoxy) is 2. The van der Waals surface area contributed by atoms with Crippen molar-refractivity contribution in [3.63, 3.8) is 0 Å². The summed E-state index contributed by atoms with van der Waals surface area (Å²) in [6.07, 6.45) is 4.55. The van der Waals surface area contributed by atoms with Gasteiger partial charge < -0.3 is 9.47 Å². The Kier molecular flexibility index (Phi) is 8.44. The number of carbonyl (C=O) groups is 1. The molecule has 1 aromatic carbocycles. The summed E-state index contributed by atoms with van der Waals surface area (Å²) in [4.78, 5) is 11.9. The number of hydrogen-bond donors (Lipinski definition) is 0. The summed E-state index contributed by atoms with van der Waals surface area (Å²) < 4.78 is 10.9. The van der Waals surface area contributed by atoms with Crippen LogP contribution in [0.25, 0.3) is 0 Å². The molecule has 1 atom stereocenters. The van der Waals surface area contributed by atoms with Crippen molar-refractivity contribution in [1.82, 2.24) is 0 Å². The van der Waals surface area contributed by atoms with Gasteiger partial charge in [0.25, 0.3) is 0 Å². The van der Waals surface area contributed by atoms with Gasteiger partial charge in [-0.2, -0.15) is 0 Å². The fourth-order valence-electron chi connectivity index (χ4n) is 1.98. The minimum Gasteiger partial charge on any atom is -0.463 e. The Morgan fingerprint density at radius 3 is 2.57 bits per heavy atom. The van der Waals surface area contributed by atoms with Crippen molar-refractivity contribution in [3.05, 3.63) is 47.5 Å². The van der Waals surface area contributed by atoms with Gasteiger partial charge in [0.15, 0.2) is 0 Å². The molecule has 0 aliphatic heterocycles. The third-order valence-electron chi connectivity index (χ3n) is 3.13. The van der Waals surface area contributed by atoms with E-state index in [2.05, 4.69) is 6.92 Å². The first-order valence-electron chi connectivity index (χ1n) is 7.70. The second kappa shape index (κ2) is 10.2. The Hall–Kier alpha value is -1.61. The van der Waals surface area contributed by atoms with E-state index in [1.54, 1.807) is 0 Å². The van der Waals surface area contributed by atoms with Crippen LogP contribution in [0.1, 0.15) is 45.6 Å². The van der Waals surface area contributed by atoms with E-state index in [1.807, 2.05) is 50.3 Å². The molecule has 0 aromatic heterocycles. The average Bonchev–Trinajstić information content (AvgIpc) is 2.50. The van der Waals surface area contributed by atoms with E-state index < -0.39 is 0 Å². The van der Waals surface area contributed by atoms with Crippen LogP contribution in [0.2, 0.25) is 0 Å². The van der Waals surface area contributed by atoms with Crippen LogP contribution >= 0.6 is 0 Å². The third kappa shape index (κ3) is 7.09. The maximum absolute atomic E-state index is 11.9. The average molecular weight is 290 g/mol. The third-order valence-corrected chi connectivity index (χ3v) is 3.13. The molecule has 0 radical (unpaired) electrons. The van der Waals surface area contributed by atoms with E-state index in [-0.39, 0.29) is 12.1 Å². The first-order chi connectivity index (χ1) is 10.2. The molecule has 0 fully saturated rings. The molecule has 1 aromatic rings. The molecule has 0 saturated heterocycles. The highest BCUT2D eigenvalue weighted by molar-refractivity contribution is 5.88. The van der Waals surface area contributed by atoms with Crippen LogP contribution < -0.4 is 0 Å².